The Hall–Kier alpha value is -3.12. The van der Waals surface area contributed by atoms with E-state index in [-0.39, 0.29) is 31.6 Å². The molecule has 5 rings (SSSR count). The molecule has 7 heteroatoms. The van der Waals surface area contributed by atoms with Gasteiger partial charge in [-0.25, -0.2) is 0 Å². The van der Waals surface area contributed by atoms with Crippen LogP contribution in [0.3, 0.4) is 0 Å². The summed E-state index contributed by atoms with van der Waals surface area (Å²) in [6, 6.07) is 22.4. The number of carbonyl (C=O) groups is 1. The van der Waals surface area contributed by atoms with Gasteiger partial charge in [0.05, 0.1) is 25.4 Å². The van der Waals surface area contributed by atoms with Gasteiger partial charge in [-0.05, 0) is 26.0 Å². The van der Waals surface area contributed by atoms with Crippen LogP contribution in [-0.2, 0) is 31.5 Å². The number of aliphatic hydroxyl groups is 1. The summed E-state index contributed by atoms with van der Waals surface area (Å²) in [7, 11) is -1.54. The van der Waals surface area contributed by atoms with Crippen molar-refractivity contribution < 1.29 is 34.7 Å². The molecule has 1 aliphatic rings. The third-order valence-electron chi connectivity index (χ3n) is 5.63. The molecule has 0 unspecified atom stereocenters. The number of allylic oxidation sites excluding steroid dienone is 2. The van der Waals surface area contributed by atoms with Crippen LogP contribution in [0.5, 0.6) is 5.75 Å². The summed E-state index contributed by atoms with van der Waals surface area (Å²) in [5.74, 6) is 1.54. The van der Waals surface area contributed by atoms with Crippen LogP contribution in [0.2, 0.25) is 19.6 Å². The molecule has 0 aliphatic carbocycles. The van der Waals surface area contributed by atoms with Gasteiger partial charge in [0, 0.05) is 43.5 Å². The molecule has 0 saturated carbocycles. The van der Waals surface area contributed by atoms with Gasteiger partial charge in [0.25, 0.3) is 0 Å². The molecular formula is C29H29IrN2O3Si-. The topological polar surface area (TPSA) is 72.3 Å². The molecule has 36 heavy (non-hydrogen) atoms. The van der Waals surface area contributed by atoms with Crippen LogP contribution in [0.4, 0.5) is 0 Å². The second-order valence-electron chi connectivity index (χ2n) is 9.64. The second-order valence-corrected chi connectivity index (χ2v) is 14.7. The Balaban J connectivity index is 0.000000400. The minimum Gasteiger partial charge on any atom is -0.512 e. The zero-order valence-corrected chi connectivity index (χ0v) is 24.4. The van der Waals surface area contributed by atoms with Crippen LogP contribution >= 0.6 is 0 Å². The molecule has 187 valence electrons. The van der Waals surface area contributed by atoms with Gasteiger partial charge in [0.2, 0.25) is 0 Å². The molecule has 1 aliphatic heterocycles. The fourth-order valence-electron chi connectivity index (χ4n) is 4.08. The van der Waals surface area contributed by atoms with E-state index in [1.54, 1.807) is 0 Å². The van der Waals surface area contributed by atoms with Gasteiger partial charge in [0.1, 0.15) is 12.4 Å². The second kappa shape index (κ2) is 11.3. The van der Waals surface area contributed by atoms with Crippen molar-refractivity contribution >= 4 is 29.8 Å². The van der Waals surface area contributed by atoms with Gasteiger partial charge in [-0.1, -0.05) is 60.9 Å². The maximum absolute atomic E-state index is 10.0. The van der Waals surface area contributed by atoms with E-state index in [9.17, 15) is 4.79 Å². The summed E-state index contributed by atoms with van der Waals surface area (Å²) in [5, 5.41) is 12.2. The van der Waals surface area contributed by atoms with Crippen molar-refractivity contribution in [2.75, 3.05) is 0 Å². The largest absolute Gasteiger partial charge is 0.512 e. The van der Waals surface area contributed by atoms with Gasteiger partial charge in [-0.3, -0.25) is 14.8 Å². The van der Waals surface area contributed by atoms with Gasteiger partial charge < -0.3 is 9.84 Å². The molecule has 0 amide bonds. The number of ether oxygens (including phenoxy) is 1. The van der Waals surface area contributed by atoms with E-state index in [4.69, 9.17) is 14.8 Å². The number of hydrogen-bond acceptors (Lipinski definition) is 5. The molecule has 3 aromatic carbocycles. The van der Waals surface area contributed by atoms with Crippen LogP contribution < -0.4 is 9.92 Å². The zero-order chi connectivity index (χ0) is 25.2. The normalized spacial score (nSPS) is 12.3. The number of carbonyl (C=O) groups excluding carboxylic acids is 1. The molecule has 0 saturated heterocycles. The predicted octanol–water partition coefficient (Wildman–Crippen LogP) is 6.24. The fourth-order valence-corrected chi connectivity index (χ4v) is 5.69. The Morgan fingerprint density at radius 2 is 1.78 bits per heavy atom. The molecule has 2 heterocycles. The molecule has 4 aromatic rings. The zero-order valence-electron chi connectivity index (χ0n) is 21.0. The SMILES string of the molecule is CC(=O)/C=C(/C)O.C[Si](C)(C)c1cc(-c2ncc3c(n2)-c2ccccc2OC3)[c-]c2ccccc12.[Ir]. The number of para-hydroxylation sites is 1. The van der Waals surface area contributed by atoms with E-state index in [0.717, 1.165) is 39.3 Å². The first-order valence-corrected chi connectivity index (χ1v) is 15.1. The minimum absolute atomic E-state index is 0. The molecule has 0 spiro atoms. The van der Waals surface area contributed by atoms with Gasteiger partial charge in [0.15, 0.2) is 5.78 Å². The van der Waals surface area contributed by atoms with E-state index >= 15 is 0 Å². The summed E-state index contributed by atoms with van der Waals surface area (Å²) in [5.41, 5.74) is 3.97. The van der Waals surface area contributed by atoms with Crippen molar-refractivity contribution in [1.82, 2.24) is 9.97 Å². The van der Waals surface area contributed by atoms with Gasteiger partial charge in [-0.15, -0.1) is 28.8 Å². The Labute approximate surface area is 226 Å². The summed E-state index contributed by atoms with van der Waals surface area (Å²) in [4.78, 5) is 19.6. The fraction of sp³-hybridized carbons (Fsp3) is 0.207. The van der Waals surface area contributed by atoms with Crippen LogP contribution in [0.15, 0.2) is 72.6 Å². The molecule has 1 N–H and O–H groups in total. The van der Waals surface area contributed by atoms with E-state index in [1.807, 2.05) is 24.4 Å². The summed E-state index contributed by atoms with van der Waals surface area (Å²) in [6.45, 7) is 10.5. The number of hydrogen-bond donors (Lipinski definition) is 1. The molecule has 0 bridgehead atoms. The summed E-state index contributed by atoms with van der Waals surface area (Å²) >= 11 is 0. The number of benzene rings is 3. The van der Waals surface area contributed by atoms with E-state index in [1.165, 1.54) is 30.5 Å². The minimum atomic E-state index is -1.54. The predicted molar refractivity (Wildman–Crippen MR) is 144 cm³/mol. The van der Waals surface area contributed by atoms with Crippen molar-refractivity contribution in [2.45, 2.75) is 40.1 Å². The smallest absolute Gasteiger partial charge is 0.155 e. The maximum atomic E-state index is 10.0. The number of fused-ring (bicyclic) bond motifs is 4. The van der Waals surface area contributed by atoms with E-state index in [2.05, 4.69) is 67.1 Å². The Morgan fingerprint density at radius 1 is 1.08 bits per heavy atom. The third kappa shape index (κ3) is 6.16. The number of ketones is 1. The first-order valence-electron chi connectivity index (χ1n) is 11.6. The molecule has 0 atom stereocenters. The van der Waals surface area contributed by atoms with Gasteiger partial charge >= 0.3 is 0 Å². The van der Waals surface area contributed by atoms with Crippen molar-refractivity contribution in [3.05, 3.63) is 84.3 Å². The Morgan fingerprint density at radius 3 is 2.44 bits per heavy atom. The number of nitrogens with zero attached hydrogens (tertiary/aromatic N) is 2. The van der Waals surface area contributed by atoms with Crippen molar-refractivity contribution in [3.8, 4) is 28.4 Å². The monoisotopic (exact) mass is 674 g/mol. The number of aliphatic hydroxyl groups excluding tert-OH is 1. The van der Waals surface area contributed by atoms with Crippen molar-refractivity contribution in [1.29, 1.82) is 0 Å². The van der Waals surface area contributed by atoms with Crippen molar-refractivity contribution in [2.24, 2.45) is 0 Å². The van der Waals surface area contributed by atoms with Crippen LogP contribution in [0, 0.1) is 6.07 Å². The average molecular weight is 674 g/mol. The Kier molecular flexibility index (Phi) is 8.61. The average Bonchev–Trinajstić information content (AvgIpc) is 2.82. The van der Waals surface area contributed by atoms with Crippen molar-refractivity contribution in [3.63, 3.8) is 0 Å². The molecule has 1 aromatic heterocycles. The van der Waals surface area contributed by atoms with E-state index < -0.39 is 8.07 Å². The Bertz CT molecular complexity index is 1440. The molecule has 0 fully saturated rings. The summed E-state index contributed by atoms with van der Waals surface area (Å²) in [6.07, 6.45) is 3.06. The molecule has 5 nitrogen and oxygen atoms in total. The van der Waals surface area contributed by atoms with Gasteiger partial charge in [-0.2, -0.15) is 0 Å². The first-order chi connectivity index (χ1) is 16.6. The quantitative estimate of drug-likeness (QED) is 0.121. The first kappa shape index (κ1) is 27.5. The maximum Gasteiger partial charge on any atom is 0.155 e. The van der Waals surface area contributed by atoms with Crippen LogP contribution in [0.1, 0.15) is 19.4 Å². The van der Waals surface area contributed by atoms with Crippen LogP contribution in [0.25, 0.3) is 33.4 Å². The third-order valence-corrected chi connectivity index (χ3v) is 7.66. The molecule has 1 radical (unpaired) electrons. The number of aromatic nitrogens is 2. The standard InChI is InChI=1S/C24H21N2OSi.C5H8O2.Ir/c1-28(2,3)22-13-17(12-16-8-4-5-9-19(16)22)24-25-14-18-15-27-21-11-7-6-10-20(21)23(18)26-24;1-4(6)3-5(2)7;/h4-11,13-14H,15H2,1-3H3;3,6H,1-2H3;/q-1;;/b;4-3-;. The number of rotatable bonds is 3. The molecular weight excluding hydrogens is 645 g/mol. The van der Waals surface area contributed by atoms with Crippen LogP contribution in [-0.4, -0.2) is 28.9 Å². The summed E-state index contributed by atoms with van der Waals surface area (Å²) < 4.78 is 5.83. The van der Waals surface area contributed by atoms with E-state index in [0.29, 0.717) is 6.61 Å².